The molecule has 1 heterocycles. The number of hydrogen-bond acceptors (Lipinski definition) is 3. The molecular formula is C27H18Cl5NO3. The normalized spacial score (nSPS) is 11.2. The standard InChI is InChI=1S/C27H18Cl5NO3/c1-35-21-11-5-16(4-10-20(34)17-6-8-19(9-7-17)33-12-2-3-13-33)14-18(21)15-36-27-25(31)23(29)22(28)24(30)26(27)32/h2-14H,15H2,1H3/b10-4+. The van der Waals surface area contributed by atoms with Gasteiger partial charge in [0.25, 0.3) is 0 Å². The fourth-order valence-corrected chi connectivity index (χ4v) is 4.68. The SMILES string of the molecule is COc1ccc(/C=C/C(=O)c2ccc(-n3cccc3)cc2)cc1COc1c(Cl)c(Cl)c(Cl)c(Cl)c1Cl. The molecule has 4 nitrogen and oxygen atoms in total. The van der Waals surface area contributed by atoms with Gasteiger partial charge in [-0.3, -0.25) is 4.79 Å². The van der Waals surface area contributed by atoms with Gasteiger partial charge in [0.15, 0.2) is 11.5 Å². The highest BCUT2D eigenvalue weighted by Crippen LogP contribution is 2.48. The average molecular weight is 582 g/mol. The first-order valence-corrected chi connectivity index (χ1v) is 12.5. The number of methoxy groups -OCH3 is 1. The number of halogens is 5. The van der Waals surface area contributed by atoms with Gasteiger partial charge in [0.2, 0.25) is 0 Å². The van der Waals surface area contributed by atoms with Crippen molar-refractivity contribution in [1.82, 2.24) is 4.57 Å². The Hall–Kier alpha value is -2.60. The van der Waals surface area contributed by atoms with Crippen molar-refractivity contribution < 1.29 is 14.3 Å². The molecule has 3 aromatic carbocycles. The molecule has 9 heteroatoms. The Morgan fingerprint density at radius 2 is 1.47 bits per heavy atom. The fourth-order valence-electron chi connectivity index (χ4n) is 3.45. The Balaban J connectivity index is 1.51. The van der Waals surface area contributed by atoms with E-state index in [0.717, 1.165) is 11.3 Å². The first-order valence-electron chi connectivity index (χ1n) is 10.6. The molecule has 0 unspecified atom stereocenters. The van der Waals surface area contributed by atoms with E-state index in [2.05, 4.69) is 0 Å². The van der Waals surface area contributed by atoms with Gasteiger partial charge in [0, 0.05) is 29.2 Å². The molecule has 36 heavy (non-hydrogen) atoms. The molecule has 0 radical (unpaired) electrons. The molecule has 0 aliphatic carbocycles. The molecular weight excluding hydrogens is 564 g/mol. The van der Waals surface area contributed by atoms with E-state index >= 15 is 0 Å². The maximum absolute atomic E-state index is 12.7. The molecule has 1 aromatic heterocycles. The molecule has 0 fully saturated rings. The van der Waals surface area contributed by atoms with E-state index in [1.807, 2.05) is 53.4 Å². The van der Waals surface area contributed by atoms with Crippen LogP contribution in [0.5, 0.6) is 11.5 Å². The Morgan fingerprint density at radius 1 is 0.861 bits per heavy atom. The molecule has 0 atom stereocenters. The van der Waals surface area contributed by atoms with Crippen LogP contribution in [0.1, 0.15) is 21.5 Å². The van der Waals surface area contributed by atoms with E-state index in [-0.39, 0.29) is 43.3 Å². The quantitative estimate of drug-likeness (QED) is 0.0901. The maximum Gasteiger partial charge on any atom is 0.185 e. The Morgan fingerprint density at radius 3 is 2.08 bits per heavy atom. The summed E-state index contributed by atoms with van der Waals surface area (Å²) >= 11 is 30.8. The van der Waals surface area contributed by atoms with Gasteiger partial charge in [0.05, 0.1) is 22.2 Å². The van der Waals surface area contributed by atoms with E-state index in [1.165, 1.54) is 6.08 Å². The zero-order valence-electron chi connectivity index (χ0n) is 18.8. The number of hydrogen-bond donors (Lipinski definition) is 0. The van der Waals surface area contributed by atoms with Gasteiger partial charge in [-0.15, -0.1) is 0 Å². The summed E-state index contributed by atoms with van der Waals surface area (Å²) in [5.41, 5.74) is 3.03. The number of ketones is 1. The van der Waals surface area contributed by atoms with Gasteiger partial charge < -0.3 is 14.0 Å². The van der Waals surface area contributed by atoms with Crippen molar-refractivity contribution in [3.05, 3.63) is 115 Å². The summed E-state index contributed by atoms with van der Waals surface area (Å²) < 4.78 is 13.2. The number of nitrogens with zero attached hydrogens (tertiary/aromatic N) is 1. The third-order valence-electron chi connectivity index (χ3n) is 5.33. The highest BCUT2D eigenvalue weighted by atomic mass is 35.5. The van der Waals surface area contributed by atoms with Crippen LogP contribution in [0.2, 0.25) is 25.1 Å². The molecule has 0 bridgehead atoms. The van der Waals surface area contributed by atoms with E-state index in [4.69, 9.17) is 67.5 Å². The predicted octanol–water partition coefficient (Wildman–Crippen LogP) is 9.23. The van der Waals surface area contributed by atoms with Crippen LogP contribution < -0.4 is 9.47 Å². The Kier molecular flexibility index (Phi) is 8.55. The highest BCUT2D eigenvalue weighted by Gasteiger charge is 2.21. The molecule has 0 aliphatic rings. The third kappa shape index (κ3) is 5.69. The lowest BCUT2D eigenvalue weighted by molar-refractivity contribution is 0.104. The molecule has 0 saturated carbocycles. The Labute approximate surface area is 233 Å². The van der Waals surface area contributed by atoms with Crippen LogP contribution in [-0.2, 0) is 6.61 Å². The van der Waals surface area contributed by atoms with Gasteiger partial charge >= 0.3 is 0 Å². The second-order valence-electron chi connectivity index (χ2n) is 7.59. The summed E-state index contributed by atoms with van der Waals surface area (Å²) in [5.74, 6) is 0.573. The second kappa shape index (κ2) is 11.6. The largest absolute Gasteiger partial charge is 0.496 e. The van der Waals surface area contributed by atoms with Crippen LogP contribution in [-0.4, -0.2) is 17.5 Å². The predicted molar refractivity (Wildman–Crippen MR) is 148 cm³/mol. The number of benzene rings is 3. The van der Waals surface area contributed by atoms with Crippen molar-refractivity contribution in [3.63, 3.8) is 0 Å². The monoisotopic (exact) mass is 579 g/mol. The molecule has 0 saturated heterocycles. The Bertz CT molecular complexity index is 1400. The minimum Gasteiger partial charge on any atom is -0.496 e. The summed E-state index contributed by atoms with van der Waals surface area (Å²) in [6.07, 6.45) is 7.13. The molecule has 184 valence electrons. The van der Waals surface area contributed by atoms with Crippen LogP contribution in [0.3, 0.4) is 0 Å². The zero-order chi connectivity index (χ0) is 25.8. The van der Waals surface area contributed by atoms with Crippen molar-refractivity contribution >= 4 is 69.9 Å². The van der Waals surface area contributed by atoms with E-state index < -0.39 is 0 Å². The number of carbonyl (C=O) groups excluding carboxylic acids is 1. The van der Waals surface area contributed by atoms with Gasteiger partial charge in [-0.1, -0.05) is 70.1 Å². The first-order chi connectivity index (χ1) is 17.3. The summed E-state index contributed by atoms with van der Waals surface area (Å²) in [6, 6.07) is 16.7. The van der Waals surface area contributed by atoms with Crippen molar-refractivity contribution in [1.29, 1.82) is 0 Å². The van der Waals surface area contributed by atoms with Gasteiger partial charge in [-0.2, -0.15) is 0 Å². The van der Waals surface area contributed by atoms with Crippen molar-refractivity contribution in [2.75, 3.05) is 7.11 Å². The number of rotatable bonds is 8. The van der Waals surface area contributed by atoms with Crippen LogP contribution in [0, 0.1) is 0 Å². The van der Waals surface area contributed by atoms with Gasteiger partial charge in [0.1, 0.15) is 22.4 Å². The van der Waals surface area contributed by atoms with E-state index in [9.17, 15) is 4.79 Å². The first kappa shape index (κ1) is 26.5. The minimum atomic E-state index is -0.119. The van der Waals surface area contributed by atoms with E-state index in [1.54, 1.807) is 31.4 Å². The number of aromatic nitrogens is 1. The lowest BCUT2D eigenvalue weighted by atomic mass is 10.1. The number of carbonyl (C=O) groups is 1. The average Bonchev–Trinajstić information content (AvgIpc) is 3.45. The fraction of sp³-hybridized carbons (Fsp3) is 0.0741. The smallest absolute Gasteiger partial charge is 0.185 e. The second-order valence-corrected chi connectivity index (χ2v) is 9.48. The molecule has 0 spiro atoms. The maximum atomic E-state index is 12.7. The minimum absolute atomic E-state index is 0.0475. The lowest BCUT2D eigenvalue weighted by Gasteiger charge is -2.15. The van der Waals surface area contributed by atoms with Crippen LogP contribution >= 0.6 is 58.0 Å². The molecule has 4 aromatic rings. The summed E-state index contributed by atoms with van der Waals surface area (Å²) in [5, 5.41) is 0.256. The number of ether oxygens (including phenoxy) is 2. The van der Waals surface area contributed by atoms with Crippen LogP contribution in [0.4, 0.5) is 0 Å². The summed E-state index contributed by atoms with van der Waals surface area (Å²) in [4.78, 5) is 12.7. The third-order valence-corrected chi connectivity index (χ3v) is 7.57. The number of allylic oxidation sites excluding steroid dienone is 1. The molecule has 4 rings (SSSR count). The van der Waals surface area contributed by atoms with Crippen molar-refractivity contribution in [2.24, 2.45) is 0 Å². The summed E-state index contributed by atoms with van der Waals surface area (Å²) in [7, 11) is 1.55. The van der Waals surface area contributed by atoms with Gasteiger partial charge in [-0.25, -0.2) is 0 Å². The van der Waals surface area contributed by atoms with Gasteiger partial charge in [-0.05, 0) is 60.2 Å². The molecule has 0 aliphatic heterocycles. The summed E-state index contributed by atoms with van der Waals surface area (Å²) in [6.45, 7) is 0.0490. The van der Waals surface area contributed by atoms with Crippen LogP contribution in [0.25, 0.3) is 11.8 Å². The zero-order valence-corrected chi connectivity index (χ0v) is 22.6. The van der Waals surface area contributed by atoms with Crippen molar-refractivity contribution in [3.8, 4) is 17.2 Å². The lowest BCUT2D eigenvalue weighted by Crippen LogP contribution is -2.01. The highest BCUT2D eigenvalue weighted by molar-refractivity contribution is 6.55. The topological polar surface area (TPSA) is 40.5 Å². The molecule has 0 amide bonds. The van der Waals surface area contributed by atoms with E-state index in [0.29, 0.717) is 16.9 Å². The van der Waals surface area contributed by atoms with Crippen LogP contribution in [0.15, 0.2) is 73.1 Å². The van der Waals surface area contributed by atoms with Crippen molar-refractivity contribution in [2.45, 2.75) is 6.61 Å². The molecule has 0 N–H and O–H groups in total.